The minimum atomic E-state index is -0.517. The van der Waals surface area contributed by atoms with Crippen LogP contribution in [0, 0.1) is 15.5 Å². The highest BCUT2D eigenvalue weighted by molar-refractivity contribution is 5.86. The number of hydrogen-bond donors (Lipinski definition) is 0. The monoisotopic (exact) mass is 251 g/mol. The Bertz CT molecular complexity index is 474. The molecule has 0 unspecified atom stereocenters. The van der Waals surface area contributed by atoms with E-state index in [4.69, 9.17) is 4.74 Å². The molecule has 18 heavy (non-hydrogen) atoms. The number of methoxy groups -OCH3 is 1. The third kappa shape index (κ3) is 3.29. The van der Waals surface area contributed by atoms with Crippen LogP contribution in [0.5, 0.6) is 5.75 Å². The normalized spacial score (nSPS) is 11.1. The van der Waals surface area contributed by atoms with Gasteiger partial charge >= 0.3 is 0 Å². The third-order valence-electron chi connectivity index (χ3n) is 2.67. The van der Waals surface area contributed by atoms with E-state index in [-0.39, 0.29) is 17.9 Å². The fourth-order valence-electron chi connectivity index (χ4n) is 1.45. The van der Waals surface area contributed by atoms with Gasteiger partial charge in [-0.15, -0.1) is 0 Å². The van der Waals surface area contributed by atoms with Crippen molar-refractivity contribution in [3.05, 3.63) is 33.9 Å². The van der Waals surface area contributed by atoms with E-state index >= 15 is 0 Å². The molecule has 0 spiro atoms. The molecule has 0 aliphatic heterocycles. The molecule has 1 aromatic rings. The molecule has 1 aromatic carbocycles. The summed E-state index contributed by atoms with van der Waals surface area (Å²) >= 11 is 0. The fourth-order valence-corrected chi connectivity index (χ4v) is 1.45. The van der Waals surface area contributed by atoms with Gasteiger partial charge in [0.15, 0.2) is 0 Å². The zero-order valence-electron chi connectivity index (χ0n) is 11.0. The zero-order chi connectivity index (χ0) is 13.9. The maximum absolute atomic E-state index is 11.9. The zero-order valence-corrected chi connectivity index (χ0v) is 11.0. The van der Waals surface area contributed by atoms with E-state index in [9.17, 15) is 14.9 Å². The second kappa shape index (κ2) is 5.16. The molecule has 0 fully saturated rings. The van der Waals surface area contributed by atoms with Crippen molar-refractivity contribution in [1.82, 2.24) is 0 Å². The lowest BCUT2D eigenvalue weighted by Crippen LogP contribution is -2.22. The average molecular weight is 251 g/mol. The quantitative estimate of drug-likeness (QED) is 0.609. The van der Waals surface area contributed by atoms with Gasteiger partial charge in [-0.2, -0.15) is 0 Å². The molecule has 0 radical (unpaired) electrons. The molecule has 0 amide bonds. The largest absolute Gasteiger partial charge is 0.497 e. The van der Waals surface area contributed by atoms with E-state index in [1.54, 1.807) is 26.8 Å². The van der Waals surface area contributed by atoms with Crippen LogP contribution in [0.25, 0.3) is 0 Å². The fraction of sp³-hybridized carbons (Fsp3) is 0.462. The van der Waals surface area contributed by atoms with Gasteiger partial charge in [0, 0.05) is 23.5 Å². The van der Waals surface area contributed by atoms with Crippen molar-refractivity contribution in [2.24, 2.45) is 5.41 Å². The number of benzene rings is 1. The van der Waals surface area contributed by atoms with Gasteiger partial charge in [0.25, 0.3) is 5.69 Å². The van der Waals surface area contributed by atoms with Crippen molar-refractivity contribution in [2.45, 2.75) is 27.2 Å². The van der Waals surface area contributed by atoms with Crippen LogP contribution >= 0.6 is 0 Å². The highest BCUT2D eigenvalue weighted by Gasteiger charge is 2.25. The van der Waals surface area contributed by atoms with Crippen LogP contribution in [-0.4, -0.2) is 17.8 Å². The number of carbonyl (C=O) groups excluding carboxylic acids is 1. The molecule has 0 saturated carbocycles. The van der Waals surface area contributed by atoms with Crippen LogP contribution in [0.4, 0.5) is 5.69 Å². The van der Waals surface area contributed by atoms with Crippen LogP contribution in [0.2, 0.25) is 0 Å². The van der Waals surface area contributed by atoms with Gasteiger partial charge in [-0.1, -0.05) is 20.8 Å². The number of rotatable bonds is 4. The van der Waals surface area contributed by atoms with Crippen molar-refractivity contribution in [3.8, 4) is 5.75 Å². The Morgan fingerprint density at radius 3 is 2.44 bits per heavy atom. The Balaban J connectivity index is 3.12. The first-order valence-corrected chi connectivity index (χ1v) is 5.60. The first-order chi connectivity index (χ1) is 8.25. The van der Waals surface area contributed by atoms with E-state index in [0.29, 0.717) is 11.3 Å². The summed E-state index contributed by atoms with van der Waals surface area (Å²) < 4.78 is 5.02. The van der Waals surface area contributed by atoms with Crippen molar-refractivity contribution in [3.63, 3.8) is 0 Å². The lowest BCUT2D eigenvalue weighted by molar-refractivity contribution is -0.385. The molecule has 0 atom stereocenters. The first-order valence-electron chi connectivity index (χ1n) is 5.60. The second-order valence-corrected chi connectivity index (χ2v) is 5.10. The van der Waals surface area contributed by atoms with Crippen molar-refractivity contribution in [1.29, 1.82) is 0 Å². The number of nitrogens with zero attached hydrogens (tertiary/aromatic N) is 1. The van der Waals surface area contributed by atoms with Gasteiger partial charge in [-0.25, -0.2) is 0 Å². The number of Topliss-reactive ketones (excluding diaryl/α,β-unsaturated/α-hetero) is 1. The molecule has 0 aromatic heterocycles. The molecular weight excluding hydrogens is 234 g/mol. The van der Waals surface area contributed by atoms with Gasteiger partial charge < -0.3 is 4.74 Å². The smallest absolute Gasteiger partial charge is 0.273 e. The molecule has 98 valence electrons. The van der Waals surface area contributed by atoms with Crippen LogP contribution < -0.4 is 4.74 Å². The van der Waals surface area contributed by atoms with Gasteiger partial charge in [-0.05, 0) is 12.1 Å². The van der Waals surface area contributed by atoms with Crippen LogP contribution in [-0.2, 0) is 11.2 Å². The summed E-state index contributed by atoms with van der Waals surface area (Å²) in [5, 5.41) is 10.9. The van der Waals surface area contributed by atoms with Crippen molar-refractivity contribution >= 4 is 11.5 Å². The van der Waals surface area contributed by atoms with E-state index in [2.05, 4.69) is 0 Å². The van der Waals surface area contributed by atoms with Gasteiger partial charge in [-0.3, -0.25) is 14.9 Å². The summed E-state index contributed by atoms with van der Waals surface area (Å²) in [4.78, 5) is 22.4. The lowest BCUT2D eigenvalue weighted by Gasteiger charge is -2.16. The van der Waals surface area contributed by atoms with Crippen molar-refractivity contribution < 1.29 is 14.5 Å². The molecule has 0 aliphatic rings. The first kappa shape index (κ1) is 14.2. The van der Waals surface area contributed by atoms with E-state index < -0.39 is 10.3 Å². The highest BCUT2D eigenvalue weighted by Crippen LogP contribution is 2.27. The van der Waals surface area contributed by atoms with E-state index in [1.165, 1.54) is 19.2 Å². The van der Waals surface area contributed by atoms with E-state index in [0.717, 1.165) is 0 Å². The molecule has 5 nitrogen and oxygen atoms in total. The summed E-state index contributed by atoms with van der Waals surface area (Å²) in [6.07, 6.45) is 0.0387. The summed E-state index contributed by atoms with van der Waals surface area (Å²) in [7, 11) is 1.48. The topological polar surface area (TPSA) is 69.4 Å². The minimum absolute atomic E-state index is 0.0387. The standard InChI is InChI=1S/C13H17NO4/c1-13(2,3)12(15)8-9-7-10(18-4)5-6-11(9)14(16)17/h5-7H,8H2,1-4H3. The molecule has 0 N–H and O–H groups in total. The summed E-state index contributed by atoms with van der Waals surface area (Å²) in [5.74, 6) is 0.469. The van der Waals surface area contributed by atoms with Gasteiger partial charge in [0.2, 0.25) is 0 Å². The minimum Gasteiger partial charge on any atom is -0.497 e. The number of nitro groups is 1. The number of ether oxygens (including phenoxy) is 1. The SMILES string of the molecule is COc1ccc([N+](=O)[O-])c(CC(=O)C(C)(C)C)c1. The Morgan fingerprint density at radius 2 is 2.00 bits per heavy atom. The Kier molecular flexibility index (Phi) is 4.06. The highest BCUT2D eigenvalue weighted by atomic mass is 16.6. The summed E-state index contributed by atoms with van der Waals surface area (Å²) in [5.41, 5.74) is -0.176. The maximum Gasteiger partial charge on any atom is 0.273 e. The van der Waals surface area contributed by atoms with Gasteiger partial charge in [0.05, 0.1) is 12.0 Å². The molecule has 5 heteroatoms. The molecule has 0 heterocycles. The van der Waals surface area contributed by atoms with Crippen molar-refractivity contribution in [2.75, 3.05) is 7.11 Å². The van der Waals surface area contributed by atoms with E-state index in [1.807, 2.05) is 0 Å². The van der Waals surface area contributed by atoms with Crippen LogP contribution in [0.15, 0.2) is 18.2 Å². The lowest BCUT2D eigenvalue weighted by atomic mass is 9.87. The summed E-state index contributed by atoms with van der Waals surface area (Å²) in [6.45, 7) is 5.38. The molecule has 1 rings (SSSR count). The number of nitro benzene ring substituents is 1. The predicted octanol–water partition coefficient (Wildman–Crippen LogP) is 2.76. The third-order valence-corrected chi connectivity index (χ3v) is 2.67. The van der Waals surface area contributed by atoms with Gasteiger partial charge in [0.1, 0.15) is 11.5 Å². The average Bonchev–Trinajstić information content (AvgIpc) is 2.27. The molecular formula is C13H17NO4. The van der Waals surface area contributed by atoms with Crippen LogP contribution in [0.3, 0.4) is 0 Å². The van der Waals surface area contributed by atoms with Crippen LogP contribution in [0.1, 0.15) is 26.3 Å². The summed E-state index contributed by atoms with van der Waals surface area (Å²) in [6, 6.07) is 4.43. The number of ketones is 1. The number of carbonyl (C=O) groups is 1. The maximum atomic E-state index is 11.9. The molecule has 0 aliphatic carbocycles. The Morgan fingerprint density at radius 1 is 1.39 bits per heavy atom. The molecule has 0 saturated heterocycles. The number of hydrogen-bond acceptors (Lipinski definition) is 4. The Labute approximate surface area is 106 Å². The predicted molar refractivity (Wildman–Crippen MR) is 67.8 cm³/mol. The second-order valence-electron chi connectivity index (χ2n) is 5.10. The molecule has 0 bridgehead atoms. The Hall–Kier alpha value is -1.91.